The fourth-order valence-electron chi connectivity index (χ4n) is 3.37. The molecule has 3 unspecified atom stereocenters. The SMILES string of the molecule is CCC(CC1OC1CC)c1c(C)c(C)cc(C)c1C. The molecule has 0 saturated carbocycles. The molecule has 1 nitrogen and oxygen atoms in total. The lowest BCUT2D eigenvalue weighted by molar-refractivity contribution is 0.348. The molecule has 0 amide bonds. The van der Waals surface area contributed by atoms with Gasteiger partial charge in [0.15, 0.2) is 0 Å². The van der Waals surface area contributed by atoms with Crippen LogP contribution in [0.25, 0.3) is 0 Å². The lowest BCUT2D eigenvalue weighted by atomic mass is 9.82. The van der Waals surface area contributed by atoms with Crippen LogP contribution in [0.4, 0.5) is 0 Å². The normalized spacial score (nSPS) is 23.5. The van der Waals surface area contributed by atoms with Gasteiger partial charge in [-0.2, -0.15) is 0 Å². The number of epoxide rings is 1. The maximum absolute atomic E-state index is 5.76. The molecule has 2 rings (SSSR count). The smallest absolute Gasteiger partial charge is 0.0847 e. The third kappa shape index (κ3) is 2.86. The van der Waals surface area contributed by atoms with E-state index in [1.807, 2.05) is 0 Å². The monoisotopic (exact) mass is 260 g/mol. The minimum absolute atomic E-state index is 0.509. The van der Waals surface area contributed by atoms with Gasteiger partial charge < -0.3 is 4.74 Å². The van der Waals surface area contributed by atoms with Gasteiger partial charge >= 0.3 is 0 Å². The van der Waals surface area contributed by atoms with Crippen molar-refractivity contribution in [2.75, 3.05) is 0 Å². The fraction of sp³-hybridized carbons (Fsp3) is 0.667. The molecule has 3 atom stereocenters. The Balaban J connectivity index is 2.27. The second kappa shape index (κ2) is 5.66. The van der Waals surface area contributed by atoms with Crippen molar-refractivity contribution in [3.63, 3.8) is 0 Å². The second-order valence-corrected chi connectivity index (χ2v) is 6.14. The molecular weight excluding hydrogens is 232 g/mol. The van der Waals surface area contributed by atoms with E-state index in [0.717, 1.165) is 6.42 Å². The Morgan fingerprint density at radius 3 is 2.00 bits per heavy atom. The van der Waals surface area contributed by atoms with Gasteiger partial charge in [0.2, 0.25) is 0 Å². The Labute approximate surface area is 118 Å². The van der Waals surface area contributed by atoms with Crippen molar-refractivity contribution < 1.29 is 4.74 Å². The summed E-state index contributed by atoms with van der Waals surface area (Å²) in [6.45, 7) is 13.6. The second-order valence-electron chi connectivity index (χ2n) is 6.14. The molecule has 106 valence electrons. The highest BCUT2D eigenvalue weighted by Gasteiger charge is 2.38. The number of hydrogen-bond acceptors (Lipinski definition) is 1. The average Bonchev–Trinajstić information content (AvgIpc) is 3.14. The van der Waals surface area contributed by atoms with E-state index in [-0.39, 0.29) is 0 Å². The van der Waals surface area contributed by atoms with Crippen molar-refractivity contribution in [2.24, 2.45) is 0 Å². The van der Waals surface area contributed by atoms with Gasteiger partial charge in [0.05, 0.1) is 12.2 Å². The first-order valence-electron chi connectivity index (χ1n) is 7.72. The summed E-state index contributed by atoms with van der Waals surface area (Å²) in [5.41, 5.74) is 7.43. The van der Waals surface area contributed by atoms with Gasteiger partial charge in [0.25, 0.3) is 0 Å². The minimum atomic E-state index is 0.509. The number of ether oxygens (including phenoxy) is 1. The summed E-state index contributed by atoms with van der Waals surface area (Å²) in [6.07, 6.45) is 4.60. The first kappa shape index (κ1) is 14.6. The Morgan fingerprint density at radius 2 is 1.58 bits per heavy atom. The van der Waals surface area contributed by atoms with Crippen molar-refractivity contribution in [2.45, 2.75) is 78.9 Å². The lowest BCUT2D eigenvalue weighted by Gasteiger charge is -2.23. The molecule has 19 heavy (non-hydrogen) atoms. The summed E-state index contributed by atoms with van der Waals surface area (Å²) in [5, 5.41) is 0. The molecule has 1 heterocycles. The summed E-state index contributed by atoms with van der Waals surface area (Å²) in [4.78, 5) is 0. The van der Waals surface area contributed by atoms with Crippen LogP contribution in [0.2, 0.25) is 0 Å². The third-order valence-corrected chi connectivity index (χ3v) is 4.93. The molecule has 0 aliphatic carbocycles. The molecule has 1 heteroatoms. The highest BCUT2D eigenvalue weighted by atomic mass is 16.6. The van der Waals surface area contributed by atoms with Crippen LogP contribution < -0.4 is 0 Å². The number of hydrogen-bond donors (Lipinski definition) is 0. The maximum atomic E-state index is 5.76. The largest absolute Gasteiger partial charge is 0.370 e. The van der Waals surface area contributed by atoms with Gasteiger partial charge in [-0.25, -0.2) is 0 Å². The molecule has 0 N–H and O–H groups in total. The van der Waals surface area contributed by atoms with Crippen LogP contribution in [0.15, 0.2) is 6.07 Å². The summed E-state index contributed by atoms with van der Waals surface area (Å²) in [7, 11) is 0. The summed E-state index contributed by atoms with van der Waals surface area (Å²) >= 11 is 0. The molecule has 0 aromatic heterocycles. The van der Waals surface area contributed by atoms with Crippen LogP contribution in [-0.2, 0) is 4.74 Å². The zero-order valence-electron chi connectivity index (χ0n) is 13.3. The zero-order chi connectivity index (χ0) is 14.2. The Bertz CT molecular complexity index is 435. The van der Waals surface area contributed by atoms with Gasteiger partial charge in [-0.15, -0.1) is 0 Å². The summed E-state index contributed by atoms with van der Waals surface area (Å²) in [6, 6.07) is 2.32. The van der Waals surface area contributed by atoms with Gasteiger partial charge in [-0.1, -0.05) is 19.9 Å². The predicted molar refractivity (Wildman–Crippen MR) is 82.0 cm³/mol. The van der Waals surface area contributed by atoms with Crippen molar-refractivity contribution in [1.82, 2.24) is 0 Å². The first-order valence-corrected chi connectivity index (χ1v) is 7.72. The van der Waals surface area contributed by atoms with E-state index >= 15 is 0 Å². The number of aryl methyl sites for hydroxylation is 2. The first-order chi connectivity index (χ1) is 8.99. The van der Waals surface area contributed by atoms with Crippen LogP contribution in [0.3, 0.4) is 0 Å². The van der Waals surface area contributed by atoms with Crippen molar-refractivity contribution >= 4 is 0 Å². The maximum Gasteiger partial charge on any atom is 0.0847 e. The Morgan fingerprint density at radius 1 is 1.00 bits per heavy atom. The van der Waals surface area contributed by atoms with Crippen molar-refractivity contribution in [3.05, 3.63) is 33.9 Å². The van der Waals surface area contributed by atoms with E-state index in [1.54, 1.807) is 5.56 Å². The van der Waals surface area contributed by atoms with Gasteiger partial charge in [0.1, 0.15) is 0 Å². The highest BCUT2D eigenvalue weighted by Crippen LogP contribution is 2.39. The number of rotatable bonds is 5. The van der Waals surface area contributed by atoms with Crippen molar-refractivity contribution in [3.8, 4) is 0 Å². The molecule has 1 aliphatic rings. The molecule has 0 bridgehead atoms. The van der Waals surface area contributed by atoms with Crippen LogP contribution >= 0.6 is 0 Å². The quantitative estimate of drug-likeness (QED) is 0.680. The van der Waals surface area contributed by atoms with E-state index in [9.17, 15) is 0 Å². The van der Waals surface area contributed by atoms with E-state index in [0.29, 0.717) is 18.1 Å². The average molecular weight is 260 g/mol. The molecular formula is C18H28O. The molecule has 1 saturated heterocycles. The van der Waals surface area contributed by atoms with Gasteiger partial charge in [-0.05, 0) is 80.7 Å². The van der Waals surface area contributed by atoms with Gasteiger partial charge in [-0.3, -0.25) is 0 Å². The topological polar surface area (TPSA) is 12.5 Å². The molecule has 0 radical (unpaired) electrons. The minimum Gasteiger partial charge on any atom is -0.370 e. The van der Waals surface area contributed by atoms with Crippen LogP contribution in [0.5, 0.6) is 0 Å². The Kier molecular flexibility index (Phi) is 4.35. The summed E-state index contributed by atoms with van der Waals surface area (Å²) < 4.78 is 5.76. The molecule has 1 aliphatic heterocycles. The van der Waals surface area contributed by atoms with E-state index in [1.165, 1.54) is 35.1 Å². The summed E-state index contributed by atoms with van der Waals surface area (Å²) in [5.74, 6) is 0.653. The zero-order valence-corrected chi connectivity index (χ0v) is 13.3. The van der Waals surface area contributed by atoms with E-state index in [4.69, 9.17) is 4.74 Å². The van der Waals surface area contributed by atoms with E-state index in [2.05, 4.69) is 47.6 Å². The van der Waals surface area contributed by atoms with Crippen LogP contribution in [0, 0.1) is 27.7 Å². The standard InChI is InChI=1S/C18H28O/c1-7-15(10-17-16(8-2)19-17)18-13(5)11(3)9-12(4)14(18)6/h9,15-17H,7-8,10H2,1-6H3. The fourth-order valence-corrected chi connectivity index (χ4v) is 3.37. The van der Waals surface area contributed by atoms with Crippen LogP contribution in [-0.4, -0.2) is 12.2 Å². The highest BCUT2D eigenvalue weighted by molar-refractivity contribution is 5.46. The molecule has 1 aromatic carbocycles. The third-order valence-electron chi connectivity index (χ3n) is 4.93. The predicted octanol–water partition coefficient (Wildman–Crippen LogP) is 4.98. The molecule has 0 spiro atoms. The number of benzene rings is 1. The lowest BCUT2D eigenvalue weighted by Crippen LogP contribution is -2.09. The van der Waals surface area contributed by atoms with E-state index < -0.39 is 0 Å². The van der Waals surface area contributed by atoms with Crippen LogP contribution in [0.1, 0.15) is 66.8 Å². The Hall–Kier alpha value is -0.820. The molecule has 1 aromatic rings. The molecule has 1 fully saturated rings. The van der Waals surface area contributed by atoms with Crippen molar-refractivity contribution in [1.29, 1.82) is 0 Å². The van der Waals surface area contributed by atoms with Gasteiger partial charge in [0, 0.05) is 0 Å².